The molecule has 0 aromatic carbocycles. The number of ether oxygens (including phenoxy) is 1. The summed E-state index contributed by atoms with van der Waals surface area (Å²) >= 11 is 0. The van der Waals surface area contributed by atoms with Gasteiger partial charge in [-0.05, 0) is 51.8 Å². The van der Waals surface area contributed by atoms with Gasteiger partial charge >= 0.3 is 0 Å². The normalized spacial score (nSPS) is 11.9. The van der Waals surface area contributed by atoms with E-state index in [0.717, 1.165) is 18.8 Å². The summed E-state index contributed by atoms with van der Waals surface area (Å²) in [6.45, 7) is 14.4. The van der Waals surface area contributed by atoms with Crippen LogP contribution in [0.25, 0.3) is 0 Å². The topological polar surface area (TPSA) is 34.1 Å². The van der Waals surface area contributed by atoms with E-state index < -0.39 is 0 Å². The molecule has 102 valence electrons. The Morgan fingerprint density at radius 3 is 2.50 bits per heavy atom. The highest BCUT2D eigenvalue weighted by Crippen LogP contribution is 2.18. The molecule has 3 nitrogen and oxygen atoms in total. The molecule has 1 aromatic rings. The first kappa shape index (κ1) is 15.0. The van der Waals surface area contributed by atoms with Crippen LogP contribution in [0, 0.1) is 12.8 Å². The number of aromatic nitrogens is 1. The Morgan fingerprint density at radius 2 is 1.94 bits per heavy atom. The summed E-state index contributed by atoms with van der Waals surface area (Å²) in [5, 5.41) is 3.44. The van der Waals surface area contributed by atoms with Crippen LogP contribution in [0.4, 0.5) is 0 Å². The molecule has 0 amide bonds. The molecule has 1 aromatic heterocycles. The molecular formula is C15H26N2O. The first-order valence-corrected chi connectivity index (χ1v) is 6.63. The maximum absolute atomic E-state index is 5.81. The third-order valence-electron chi connectivity index (χ3n) is 2.28. The van der Waals surface area contributed by atoms with Crippen LogP contribution in [0.2, 0.25) is 0 Å². The third kappa shape index (κ3) is 6.01. The third-order valence-corrected chi connectivity index (χ3v) is 2.28. The van der Waals surface area contributed by atoms with Gasteiger partial charge < -0.3 is 10.1 Å². The predicted octanol–water partition coefficient (Wildman–Crippen LogP) is 3.31. The summed E-state index contributed by atoms with van der Waals surface area (Å²) in [6.07, 6.45) is 0. The van der Waals surface area contributed by atoms with E-state index in [2.05, 4.69) is 30.2 Å². The lowest BCUT2D eigenvalue weighted by molar-refractivity contribution is 0.124. The van der Waals surface area contributed by atoms with E-state index in [1.807, 2.05) is 33.8 Å². The van der Waals surface area contributed by atoms with E-state index >= 15 is 0 Å². The molecule has 1 rings (SSSR count). The molecule has 0 aliphatic heterocycles. The lowest BCUT2D eigenvalue weighted by Crippen LogP contribution is -2.24. The van der Waals surface area contributed by atoms with Crippen molar-refractivity contribution >= 4 is 0 Å². The zero-order chi connectivity index (χ0) is 13.8. The average Bonchev–Trinajstić information content (AvgIpc) is 2.12. The maximum atomic E-state index is 5.81. The minimum absolute atomic E-state index is 0.205. The fourth-order valence-electron chi connectivity index (χ4n) is 1.68. The largest absolute Gasteiger partial charge is 0.472 e. The van der Waals surface area contributed by atoms with Crippen LogP contribution in [0.1, 0.15) is 45.9 Å². The summed E-state index contributed by atoms with van der Waals surface area (Å²) in [7, 11) is 0. The Balaban J connectivity index is 2.69. The highest BCUT2D eigenvalue weighted by Gasteiger charge is 2.13. The second kappa shape index (κ2) is 6.19. The van der Waals surface area contributed by atoms with E-state index in [1.165, 1.54) is 5.56 Å². The average molecular weight is 250 g/mol. The minimum Gasteiger partial charge on any atom is -0.472 e. The molecule has 0 saturated heterocycles. The summed E-state index contributed by atoms with van der Waals surface area (Å²) < 4.78 is 5.81. The molecule has 0 saturated carbocycles. The number of hydrogen-bond donors (Lipinski definition) is 1. The predicted molar refractivity (Wildman–Crippen MR) is 75.9 cm³/mol. The molecule has 1 N–H and O–H groups in total. The lowest BCUT2D eigenvalue weighted by Gasteiger charge is -2.21. The summed E-state index contributed by atoms with van der Waals surface area (Å²) in [5.74, 6) is 1.38. The zero-order valence-electron chi connectivity index (χ0n) is 12.5. The van der Waals surface area contributed by atoms with Crippen LogP contribution in [-0.2, 0) is 6.54 Å². The van der Waals surface area contributed by atoms with Crippen molar-refractivity contribution < 1.29 is 4.74 Å². The Bertz CT molecular complexity index is 381. The van der Waals surface area contributed by atoms with Gasteiger partial charge in [-0.3, -0.25) is 0 Å². The first-order valence-electron chi connectivity index (χ1n) is 6.63. The molecule has 0 fully saturated rings. The number of pyridine rings is 1. The van der Waals surface area contributed by atoms with Gasteiger partial charge in [-0.1, -0.05) is 13.8 Å². The van der Waals surface area contributed by atoms with Crippen LogP contribution >= 0.6 is 0 Å². The van der Waals surface area contributed by atoms with E-state index in [9.17, 15) is 0 Å². The van der Waals surface area contributed by atoms with E-state index in [-0.39, 0.29) is 5.60 Å². The van der Waals surface area contributed by atoms with Gasteiger partial charge in [0.25, 0.3) is 0 Å². The van der Waals surface area contributed by atoms with E-state index in [4.69, 9.17) is 4.74 Å². The number of nitrogens with one attached hydrogen (secondary N) is 1. The lowest BCUT2D eigenvalue weighted by atomic mass is 10.2. The molecule has 0 aliphatic rings. The van der Waals surface area contributed by atoms with Crippen LogP contribution in [0.5, 0.6) is 5.88 Å². The summed E-state index contributed by atoms with van der Waals surface area (Å²) in [6, 6.07) is 4.12. The Morgan fingerprint density at radius 1 is 1.28 bits per heavy atom. The van der Waals surface area contributed by atoms with Gasteiger partial charge in [-0.2, -0.15) is 0 Å². The quantitative estimate of drug-likeness (QED) is 0.870. The summed E-state index contributed by atoms with van der Waals surface area (Å²) in [5.41, 5.74) is 2.02. The maximum Gasteiger partial charge on any atom is 0.214 e. The van der Waals surface area contributed by atoms with Crippen molar-refractivity contribution in [3.8, 4) is 5.88 Å². The van der Waals surface area contributed by atoms with Gasteiger partial charge in [0, 0.05) is 18.3 Å². The Labute approximate surface area is 111 Å². The molecule has 0 aliphatic carbocycles. The number of rotatable bonds is 5. The smallest absolute Gasteiger partial charge is 0.214 e. The highest BCUT2D eigenvalue weighted by molar-refractivity contribution is 5.25. The van der Waals surface area contributed by atoms with Gasteiger partial charge in [-0.25, -0.2) is 4.98 Å². The van der Waals surface area contributed by atoms with E-state index in [1.54, 1.807) is 0 Å². The number of aryl methyl sites for hydroxylation is 1. The van der Waals surface area contributed by atoms with Gasteiger partial charge in [0.1, 0.15) is 5.60 Å². The Hall–Kier alpha value is -1.09. The van der Waals surface area contributed by atoms with Crippen LogP contribution in [0.3, 0.4) is 0 Å². The monoisotopic (exact) mass is 250 g/mol. The van der Waals surface area contributed by atoms with Crippen molar-refractivity contribution in [1.29, 1.82) is 0 Å². The van der Waals surface area contributed by atoms with Crippen molar-refractivity contribution in [1.82, 2.24) is 10.3 Å². The van der Waals surface area contributed by atoms with Crippen molar-refractivity contribution in [2.45, 2.75) is 53.7 Å². The second-order valence-electron chi connectivity index (χ2n) is 6.19. The van der Waals surface area contributed by atoms with E-state index in [0.29, 0.717) is 11.8 Å². The molecule has 0 bridgehead atoms. The molecule has 0 radical (unpaired) electrons. The summed E-state index contributed by atoms with van der Waals surface area (Å²) in [4.78, 5) is 4.41. The molecule has 18 heavy (non-hydrogen) atoms. The van der Waals surface area contributed by atoms with Crippen molar-refractivity contribution in [3.63, 3.8) is 0 Å². The van der Waals surface area contributed by atoms with Gasteiger partial charge in [0.2, 0.25) is 5.88 Å². The molecule has 0 spiro atoms. The first-order chi connectivity index (χ1) is 8.26. The zero-order valence-corrected chi connectivity index (χ0v) is 12.5. The number of hydrogen-bond acceptors (Lipinski definition) is 3. The van der Waals surface area contributed by atoms with Crippen molar-refractivity contribution in [2.24, 2.45) is 5.92 Å². The van der Waals surface area contributed by atoms with Gasteiger partial charge in [0.05, 0.1) is 0 Å². The molecule has 0 atom stereocenters. The SMILES string of the molecule is Cc1cc(CNCC(C)C)cc(OC(C)(C)C)n1. The standard InChI is InChI=1S/C15H26N2O/c1-11(2)9-16-10-13-7-12(3)17-14(8-13)18-15(4,5)6/h7-8,11,16H,9-10H2,1-6H3. The van der Waals surface area contributed by atoms with Crippen molar-refractivity contribution in [3.05, 3.63) is 23.4 Å². The highest BCUT2D eigenvalue weighted by atomic mass is 16.5. The van der Waals surface area contributed by atoms with Crippen molar-refractivity contribution in [2.75, 3.05) is 6.54 Å². The van der Waals surface area contributed by atoms with Gasteiger partial charge in [0.15, 0.2) is 0 Å². The molecule has 0 unspecified atom stereocenters. The molecule has 3 heteroatoms. The van der Waals surface area contributed by atoms with Gasteiger partial charge in [-0.15, -0.1) is 0 Å². The van der Waals surface area contributed by atoms with Crippen LogP contribution in [-0.4, -0.2) is 17.1 Å². The minimum atomic E-state index is -0.205. The van der Waals surface area contributed by atoms with Crippen LogP contribution < -0.4 is 10.1 Å². The second-order valence-corrected chi connectivity index (χ2v) is 6.19. The molecule has 1 heterocycles. The molecular weight excluding hydrogens is 224 g/mol. The fraction of sp³-hybridized carbons (Fsp3) is 0.667. The number of nitrogens with zero attached hydrogens (tertiary/aromatic N) is 1. The fourth-order valence-corrected chi connectivity index (χ4v) is 1.68. The Kier molecular flexibility index (Phi) is 5.15. The van der Waals surface area contributed by atoms with Crippen LogP contribution in [0.15, 0.2) is 12.1 Å².